The van der Waals surface area contributed by atoms with Gasteiger partial charge < -0.3 is 20.1 Å². The van der Waals surface area contributed by atoms with E-state index in [1.165, 1.54) is 7.11 Å². The number of rotatable bonds is 10. The number of ether oxygens (including phenoxy) is 2. The molecule has 0 aliphatic carbocycles. The van der Waals surface area contributed by atoms with Crippen LogP contribution in [-0.2, 0) is 0 Å². The van der Waals surface area contributed by atoms with E-state index >= 15 is 0 Å². The maximum atomic E-state index is 12.1. The van der Waals surface area contributed by atoms with Crippen molar-refractivity contribution < 1.29 is 14.3 Å². The van der Waals surface area contributed by atoms with Crippen LogP contribution in [0.3, 0.4) is 0 Å². The first kappa shape index (κ1) is 21.8. The molecule has 0 saturated carbocycles. The Morgan fingerprint density at radius 1 is 1.17 bits per heavy atom. The second-order valence-electron chi connectivity index (χ2n) is 4.84. The van der Waals surface area contributed by atoms with Crippen molar-refractivity contribution in [3.8, 4) is 11.5 Å². The number of nitrogens with one attached hydrogen (secondary N) is 2. The highest BCUT2D eigenvalue weighted by Crippen LogP contribution is 2.36. The molecular weight excluding hydrogens is 339 g/mol. The Morgan fingerprint density at radius 3 is 2.52 bits per heavy atom. The summed E-state index contributed by atoms with van der Waals surface area (Å²) >= 11 is 6.20. The Hall–Kier alpha value is -1.17. The van der Waals surface area contributed by atoms with Crippen molar-refractivity contribution >= 4 is 29.9 Å². The van der Waals surface area contributed by atoms with E-state index in [0.717, 1.165) is 25.9 Å². The van der Waals surface area contributed by atoms with Crippen molar-refractivity contribution in [3.05, 3.63) is 22.7 Å². The average molecular weight is 365 g/mol. The minimum atomic E-state index is -0.180. The molecule has 23 heavy (non-hydrogen) atoms. The smallest absolute Gasteiger partial charge is 0.251 e. The lowest BCUT2D eigenvalue weighted by atomic mass is 10.2. The van der Waals surface area contributed by atoms with Gasteiger partial charge in [0.2, 0.25) is 0 Å². The lowest BCUT2D eigenvalue weighted by Crippen LogP contribution is -2.32. The van der Waals surface area contributed by atoms with Gasteiger partial charge in [0, 0.05) is 18.7 Å². The molecule has 0 aliphatic heterocycles. The Kier molecular flexibility index (Phi) is 11.7. The summed E-state index contributed by atoms with van der Waals surface area (Å²) in [5.74, 6) is 0.767. The molecule has 0 atom stereocenters. The number of carbonyl (C=O) groups is 1. The van der Waals surface area contributed by atoms with E-state index in [1.54, 1.807) is 12.1 Å². The molecule has 2 N–H and O–H groups in total. The van der Waals surface area contributed by atoms with Crippen LogP contribution in [0.2, 0.25) is 5.02 Å². The van der Waals surface area contributed by atoms with E-state index in [4.69, 9.17) is 21.1 Å². The van der Waals surface area contributed by atoms with Crippen LogP contribution in [0.5, 0.6) is 11.5 Å². The first-order chi connectivity index (χ1) is 10.6. The third-order valence-electron chi connectivity index (χ3n) is 2.96. The number of hydrogen-bond acceptors (Lipinski definition) is 4. The summed E-state index contributed by atoms with van der Waals surface area (Å²) in [6.45, 7) is 6.90. The molecule has 1 rings (SSSR count). The van der Waals surface area contributed by atoms with Crippen molar-refractivity contribution in [1.29, 1.82) is 0 Å². The zero-order chi connectivity index (χ0) is 16.4. The number of hydrogen-bond donors (Lipinski definition) is 2. The summed E-state index contributed by atoms with van der Waals surface area (Å²) < 4.78 is 10.8. The molecule has 7 heteroatoms. The molecule has 132 valence electrons. The molecule has 0 heterocycles. The molecule has 0 saturated heterocycles. The summed E-state index contributed by atoms with van der Waals surface area (Å²) in [4.78, 5) is 12.1. The van der Waals surface area contributed by atoms with Gasteiger partial charge in [-0.25, -0.2) is 0 Å². The van der Waals surface area contributed by atoms with E-state index in [1.807, 2.05) is 6.92 Å². The van der Waals surface area contributed by atoms with Gasteiger partial charge in [0.15, 0.2) is 11.5 Å². The number of carbonyl (C=O) groups excluding carboxylic acids is 1. The summed E-state index contributed by atoms with van der Waals surface area (Å²) in [5.41, 5.74) is 0.459. The molecule has 0 fully saturated rings. The van der Waals surface area contributed by atoms with Crippen molar-refractivity contribution in [2.24, 2.45) is 0 Å². The molecule has 0 unspecified atom stereocenters. The number of methoxy groups -OCH3 is 1. The van der Waals surface area contributed by atoms with Gasteiger partial charge in [-0.2, -0.15) is 0 Å². The van der Waals surface area contributed by atoms with Crippen molar-refractivity contribution in [1.82, 2.24) is 10.6 Å². The lowest BCUT2D eigenvalue weighted by Gasteiger charge is -2.14. The topological polar surface area (TPSA) is 59.6 Å². The molecule has 1 aromatic carbocycles. The Morgan fingerprint density at radius 2 is 1.91 bits per heavy atom. The van der Waals surface area contributed by atoms with Gasteiger partial charge >= 0.3 is 0 Å². The highest BCUT2D eigenvalue weighted by atomic mass is 35.5. The van der Waals surface area contributed by atoms with Crippen LogP contribution in [-0.4, -0.2) is 39.3 Å². The van der Waals surface area contributed by atoms with E-state index in [0.29, 0.717) is 35.2 Å². The van der Waals surface area contributed by atoms with Gasteiger partial charge in [-0.3, -0.25) is 4.79 Å². The first-order valence-corrected chi connectivity index (χ1v) is 8.01. The number of halogens is 2. The quantitative estimate of drug-likeness (QED) is 0.625. The molecule has 1 aromatic rings. The molecule has 0 aromatic heterocycles. The maximum Gasteiger partial charge on any atom is 0.251 e. The summed E-state index contributed by atoms with van der Waals surface area (Å²) in [6, 6.07) is 3.25. The van der Waals surface area contributed by atoms with Crippen LogP contribution in [0.4, 0.5) is 0 Å². The minimum Gasteiger partial charge on any atom is -0.493 e. The zero-order valence-electron chi connectivity index (χ0n) is 13.9. The van der Waals surface area contributed by atoms with Gasteiger partial charge in [0.1, 0.15) is 0 Å². The van der Waals surface area contributed by atoms with Gasteiger partial charge in [-0.15, -0.1) is 12.4 Å². The van der Waals surface area contributed by atoms with Gasteiger partial charge in [0.05, 0.1) is 18.7 Å². The monoisotopic (exact) mass is 364 g/mol. The second-order valence-corrected chi connectivity index (χ2v) is 5.25. The molecule has 0 bridgehead atoms. The van der Waals surface area contributed by atoms with Crippen LogP contribution >= 0.6 is 24.0 Å². The Balaban J connectivity index is 0.00000484. The molecular formula is C16H26Cl2N2O3. The standard InChI is InChI=1S/C16H25ClN2O3.ClH/c1-4-6-18-7-8-19-16(20)12-10-13(17)15(22-9-5-2)14(11-12)21-3;/h10-11,18H,4-9H2,1-3H3,(H,19,20);1H. The fourth-order valence-corrected chi connectivity index (χ4v) is 2.13. The van der Waals surface area contributed by atoms with Crippen LogP contribution < -0.4 is 20.1 Å². The van der Waals surface area contributed by atoms with Crippen LogP contribution in [0.25, 0.3) is 0 Å². The molecule has 1 amide bonds. The zero-order valence-corrected chi connectivity index (χ0v) is 15.5. The third kappa shape index (κ3) is 7.29. The van der Waals surface area contributed by atoms with Crippen molar-refractivity contribution in [2.75, 3.05) is 33.4 Å². The SMILES string of the molecule is CCCNCCNC(=O)c1cc(Cl)c(OCCC)c(OC)c1.Cl. The summed E-state index contributed by atoms with van der Waals surface area (Å²) in [5, 5.41) is 6.44. The molecule has 0 radical (unpaired) electrons. The fourth-order valence-electron chi connectivity index (χ4n) is 1.86. The largest absolute Gasteiger partial charge is 0.493 e. The van der Waals surface area contributed by atoms with Gasteiger partial charge in [-0.1, -0.05) is 25.4 Å². The Labute approximate surface area is 149 Å². The number of benzene rings is 1. The lowest BCUT2D eigenvalue weighted by molar-refractivity contribution is 0.0953. The normalized spacial score (nSPS) is 9.91. The predicted molar refractivity (Wildman–Crippen MR) is 96.5 cm³/mol. The van der Waals surface area contributed by atoms with E-state index in [9.17, 15) is 4.79 Å². The first-order valence-electron chi connectivity index (χ1n) is 7.63. The van der Waals surface area contributed by atoms with E-state index in [2.05, 4.69) is 17.6 Å². The summed E-state index contributed by atoms with van der Waals surface area (Å²) in [7, 11) is 1.53. The Bertz CT molecular complexity index is 485. The second kappa shape index (κ2) is 12.3. The maximum absolute atomic E-state index is 12.1. The van der Waals surface area contributed by atoms with Crippen LogP contribution in [0.1, 0.15) is 37.0 Å². The van der Waals surface area contributed by atoms with E-state index < -0.39 is 0 Å². The van der Waals surface area contributed by atoms with Gasteiger partial charge in [0.25, 0.3) is 5.91 Å². The highest BCUT2D eigenvalue weighted by Gasteiger charge is 2.15. The fraction of sp³-hybridized carbons (Fsp3) is 0.562. The van der Waals surface area contributed by atoms with E-state index in [-0.39, 0.29) is 18.3 Å². The van der Waals surface area contributed by atoms with Crippen LogP contribution in [0.15, 0.2) is 12.1 Å². The van der Waals surface area contributed by atoms with Crippen molar-refractivity contribution in [2.45, 2.75) is 26.7 Å². The summed E-state index contributed by atoms with van der Waals surface area (Å²) in [6.07, 6.45) is 1.94. The number of amides is 1. The minimum absolute atomic E-state index is 0. The highest BCUT2D eigenvalue weighted by molar-refractivity contribution is 6.32. The van der Waals surface area contributed by atoms with Crippen LogP contribution in [0, 0.1) is 0 Å². The third-order valence-corrected chi connectivity index (χ3v) is 3.24. The molecule has 0 aliphatic rings. The average Bonchev–Trinajstić information content (AvgIpc) is 2.52. The predicted octanol–water partition coefficient (Wildman–Crippen LogP) is 3.29. The van der Waals surface area contributed by atoms with Crippen molar-refractivity contribution in [3.63, 3.8) is 0 Å². The molecule has 5 nitrogen and oxygen atoms in total. The molecule has 0 spiro atoms. The van der Waals surface area contributed by atoms with Gasteiger partial charge in [-0.05, 0) is 31.5 Å².